The van der Waals surface area contributed by atoms with Crippen molar-refractivity contribution in [1.82, 2.24) is 19.8 Å². The summed E-state index contributed by atoms with van der Waals surface area (Å²) in [5.41, 5.74) is 0.476. The van der Waals surface area contributed by atoms with Gasteiger partial charge in [-0.3, -0.25) is 14.4 Å². The summed E-state index contributed by atoms with van der Waals surface area (Å²) in [6.45, 7) is -0.897. The number of hydroxylamine groups is 1. The molecule has 1 heterocycles. The largest absolute Gasteiger partial charge is 0.394 e. The molecular formula is C18H18F3N5O5S. The van der Waals surface area contributed by atoms with Crippen LogP contribution in [0.25, 0.3) is 11.0 Å². The van der Waals surface area contributed by atoms with Crippen LogP contribution in [0.5, 0.6) is 0 Å². The van der Waals surface area contributed by atoms with Gasteiger partial charge in [0.25, 0.3) is 16.1 Å². The van der Waals surface area contributed by atoms with Crippen LogP contribution in [0.4, 0.5) is 18.9 Å². The van der Waals surface area contributed by atoms with E-state index in [0.29, 0.717) is 0 Å². The molecule has 0 radical (unpaired) electrons. The smallest absolute Gasteiger partial charge is 0.298 e. The predicted molar refractivity (Wildman–Crippen MR) is 107 cm³/mol. The fourth-order valence-corrected chi connectivity index (χ4v) is 3.35. The van der Waals surface area contributed by atoms with Crippen molar-refractivity contribution in [2.24, 2.45) is 0 Å². The summed E-state index contributed by atoms with van der Waals surface area (Å²) in [5.74, 6) is -4.82. The first-order valence-electron chi connectivity index (χ1n) is 9.03. The summed E-state index contributed by atoms with van der Waals surface area (Å²) in [6, 6.07) is 5.00. The number of nitrogens with one attached hydrogen (secondary N) is 3. The van der Waals surface area contributed by atoms with E-state index in [0.717, 1.165) is 19.4 Å². The van der Waals surface area contributed by atoms with Crippen molar-refractivity contribution in [2.75, 3.05) is 25.0 Å². The molecule has 2 aromatic carbocycles. The molecule has 0 saturated carbocycles. The predicted octanol–water partition coefficient (Wildman–Crippen LogP) is 1.03. The molecule has 3 rings (SSSR count). The van der Waals surface area contributed by atoms with Gasteiger partial charge in [0, 0.05) is 12.6 Å². The first kappa shape index (κ1) is 23.5. The molecule has 0 unspecified atom stereocenters. The van der Waals surface area contributed by atoms with E-state index in [1.54, 1.807) is 0 Å². The van der Waals surface area contributed by atoms with Crippen LogP contribution in [0.2, 0.25) is 0 Å². The van der Waals surface area contributed by atoms with Gasteiger partial charge in [0.2, 0.25) is 0 Å². The highest BCUT2D eigenvalue weighted by atomic mass is 32.2. The molecule has 172 valence electrons. The number of fused-ring (bicyclic) bond motifs is 1. The highest BCUT2D eigenvalue weighted by molar-refractivity contribution is 7.90. The van der Waals surface area contributed by atoms with Crippen LogP contribution in [0.3, 0.4) is 0 Å². The maximum atomic E-state index is 14.8. The molecule has 0 aliphatic carbocycles. The van der Waals surface area contributed by atoms with Crippen molar-refractivity contribution in [3.05, 3.63) is 59.2 Å². The van der Waals surface area contributed by atoms with Crippen molar-refractivity contribution in [3.8, 4) is 0 Å². The van der Waals surface area contributed by atoms with Gasteiger partial charge in [0.15, 0.2) is 17.5 Å². The molecule has 1 aromatic heterocycles. The minimum Gasteiger partial charge on any atom is -0.394 e. The van der Waals surface area contributed by atoms with E-state index in [-0.39, 0.29) is 35.4 Å². The van der Waals surface area contributed by atoms with Crippen molar-refractivity contribution in [2.45, 2.75) is 6.54 Å². The Morgan fingerprint density at radius 2 is 1.97 bits per heavy atom. The van der Waals surface area contributed by atoms with Gasteiger partial charge < -0.3 is 9.67 Å². The second-order valence-corrected chi connectivity index (χ2v) is 8.00. The number of anilines is 1. The van der Waals surface area contributed by atoms with Crippen molar-refractivity contribution >= 4 is 32.8 Å². The van der Waals surface area contributed by atoms with Gasteiger partial charge in [0.1, 0.15) is 5.52 Å². The Kier molecular flexibility index (Phi) is 6.98. The zero-order valence-electron chi connectivity index (χ0n) is 16.5. The lowest BCUT2D eigenvalue weighted by Crippen LogP contribution is -2.27. The first-order valence-corrected chi connectivity index (χ1v) is 10.5. The lowest BCUT2D eigenvalue weighted by Gasteiger charge is -2.12. The van der Waals surface area contributed by atoms with Gasteiger partial charge in [0.05, 0.1) is 42.9 Å². The fraction of sp³-hybridized carbons (Fsp3) is 0.222. The quantitative estimate of drug-likeness (QED) is 0.271. The Labute approximate surface area is 180 Å². The Morgan fingerprint density at radius 1 is 1.22 bits per heavy atom. The van der Waals surface area contributed by atoms with Gasteiger partial charge in [-0.2, -0.15) is 8.42 Å². The minimum atomic E-state index is -3.97. The van der Waals surface area contributed by atoms with Gasteiger partial charge >= 0.3 is 0 Å². The van der Waals surface area contributed by atoms with Crippen LogP contribution in [0, 0.1) is 17.5 Å². The van der Waals surface area contributed by atoms with E-state index in [4.69, 9.17) is 5.11 Å². The Balaban J connectivity index is 1.98. The number of imidazole rings is 1. The summed E-state index contributed by atoms with van der Waals surface area (Å²) < 4.78 is 72.2. The fourth-order valence-electron chi connectivity index (χ4n) is 2.80. The number of aromatic nitrogens is 2. The van der Waals surface area contributed by atoms with E-state index in [1.807, 2.05) is 14.9 Å². The Morgan fingerprint density at radius 3 is 2.66 bits per heavy atom. The number of carbonyl (C=O) groups is 1. The number of halogens is 3. The molecule has 0 spiro atoms. The molecule has 1 amide bonds. The number of benzene rings is 2. The third kappa shape index (κ3) is 4.83. The minimum absolute atomic E-state index is 0.0163. The Hall–Kier alpha value is -3.20. The zero-order valence-corrected chi connectivity index (χ0v) is 17.3. The number of aliphatic hydroxyl groups is 1. The summed E-state index contributed by atoms with van der Waals surface area (Å²) in [6.07, 6.45) is 1.13. The number of aliphatic hydroxyl groups excluding tert-OH is 1. The average molecular weight is 473 g/mol. The molecule has 10 nitrogen and oxygen atoms in total. The number of amides is 1. The number of rotatable bonds is 9. The molecule has 0 aliphatic heterocycles. The van der Waals surface area contributed by atoms with Crippen LogP contribution in [0.1, 0.15) is 15.9 Å². The molecule has 14 heteroatoms. The van der Waals surface area contributed by atoms with Gasteiger partial charge in [-0.25, -0.2) is 28.4 Å². The summed E-state index contributed by atoms with van der Waals surface area (Å²) >= 11 is 0. The maximum Gasteiger partial charge on any atom is 0.298 e. The molecule has 0 bridgehead atoms. The number of nitrogens with zero attached hydrogens (tertiary/aromatic N) is 2. The number of hydrogen-bond acceptors (Lipinski definition) is 6. The molecular weight excluding hydrogens is 455 g/mol. The summed E-state index contributed by atoms with van der Waals surface area (Å²) in [7, 11) is -2.82. The van der Waals surface area contributed by atoms with Crippen LogP contribution < -0.4 is 14.9 Å². The van der Waals surface area contributed by atoms with Crippen LogP contribution >= 0.6 is 0 Å². The highest BCUT2D eigenvalue weighted by Crippen LogP contribution is 2.25. The SMILES string of the molecule is CNS(=O)(=O)Nc1cccc(Cn2cnc3c(F)c(F)c(C(=O)NOCCO)cc32)c1F. The summed E-state index contributed by atoms with van der Waals surface area (Å²) in [5, 5.41) is 8.66. The van der Waals surface area contributed by atoms with Crippen molar-refractivity contribution in [3.63, 3.8) is 0 Å². The van der Waals surface area contributed by atoms with Gasteiger partial charge in [-0.05, 0) is 12.1 Å². The second-order valence-electron chi connectivity index (χ2n) is 6.38. The van der Waals surface area contributed by atoms with Gasteiger partial charge in [-0.1, -0.05) is 12.1 Å². The molecule has 32 heavy (non-hydrogen) atoms. The maximum absolute atomic E-state index is 14.8. The number of hydrogen-bond donors (Lipinski definition) is 4. The van der Waals surface area contributed by atoms with Crippen LogP contribution in [0.15, 0.2) is 30.6 Å². The van der Waals surface area contributed by atoms with Crippen molar-refractivity contribution < 1.29 is 36.3 Å². The monoisotopic (exact) mass is 473 g/mol. The summed E-state index contributed by atoms with van der Waals surface area (Å²) in [4.78, 5) is 20.5. The normalized spacial score (nSPS) is 11.7. The van der Waals surface area contributed by atoms with Crippen LogP contribution in [-0.2, 0) is 21.6 Å². The van der Waals surface area contributed by atoms with Crippen molar-refractivity contribution in [1.29, 1.82) is 0 Å². The average Bonchev–Trinajstić information content (AvgIpc) is 3.16. The third-order valence-electron chi connectivity index (χ3n) is 4.33. The van der Waals surface area contributed by atoms with E-state index in [2.05, 4.69) is 9.82 Å². The van der Waals surface area contributed by atoms with E-state index in [1.165, 1.54) is 22.8 Å². The zero-order chi connectivity index (χ0) is 23.5. The molecule has 4 N–H and O–H groups in total. The lowest BCUT2D eigenvalue weighted by atomic mass is 10.1. The molecule has 0 aliphatic rings. The number of carbonyl (C=O) groups excluding carboxylic acids is 1. The molecule has 0 saturated heterocycles. The standard InChI is InChI=1S/C18H18F3N5O5S/c1-22-32(29,30)25-12-4-2-3-10(14(12)19)8-26-9-23-17-13(26)7-11(15(20)16(17)21)18(28)24-31-6-5-27/h2-4,7,9,22,25,27H,5-6,8H2,1H3,(H,24,28). The van der Waals surface area contributed by atoms with E-state index >= 15 is 0 Å². The van der Waals surface area contributed by atoms with E-state index < -0.39 is 45.7 Å². The molecule has 0 fully saturated rings. The van der Waals surface area contributed by atoms with Gasteiger partial charge in [-0.15, -0.1) is 0 Å². The lowest BCUT2D eigenvalue weighted by molar-refractivity contribution is 0.0165. The second kappa shape index (κ2) is 9.52. The molecule has 3 aromatic rings. The highest BCUT2D eigenvalue weighted by Gasteiger charge is 2.22. The molecule has 0 atom stereocenters. The topological polar surface area (TPSA) is 135 Å². The van der Waals surface area contributed by atoms with E-state index in [9.17, 15) is 26.4 Å². The Bertz CT molecular complexity index is 1270. The van der Waals surface area contributed by atoms with Crippen LogP contribution in [-0.4, -0.2) is 49.2 Å². The first-order chi connectivity index (χ1) is 15.2. The third-order valence-corrected chi connectivity index (χ3v) is 5.36.